The predicted octanol–water partition coefficient (Wildman–Crippen LogP) is 3.98. The second kappa shape index (κ2) is 10.4. The van der Waals surface area contributed by atoms with Crippen molar-refractivity contribution >= 4 is 0 Å². The minimum atomic E-state index is 0.760. The van der Waals surface area contributed by atoms with Crippen molar-refractivity contribution in [2.75, 3.05) is 13.1 Å². The van der Waals surface area contributed by atoms with E-state index in [0.717, 1.165) is 12.5 Å². The molecule has 2 rings (SSSR count). The molecule has 1 nitrogen and oxygen atoms in total. The van der Waals surface area contributed by atoms with Crippen LogP contribution in [0.1, 0.15) is 38.2 Å². The third-order valence-corrected chi connectivity index (χ3v) is 2.33. The monoisotopic (exact) mass is 219 g/mol. The van der Waals surface area contributed by atoms with E-state index in [1.165, 1.54) is 24.9 Å². The minimum Gasteiger partial charge on any atom is -0.316 e. The van der Waals surface area contributed by atoms with Crippen molar-refractivity contribution in [2.45, 2.75) is 32.6 Å². The van der Waals surface area contributed by atoms with Crippen LogP contribution in [0, 0.1) is 0 Å². The number of benzene rings is 1. The molecule has 1 fully saturated rings. The Morgan fingerprint density at radius 1 is 1.19 bits per heavy atom. The van der Waals surface area contributed by atoms with Crippen molar-refractivity contribution in [3.63, 3.8) is 0 Å². The summed E-state index contributed by atoms with van der Waals surface area (Å²) >= 11 is 0. The molecule has 0 saturated carbocycles. The zero-order valence-electron chi connectivity index (χ0n) is 10.7. The molecule has 90 valence electrons. The Morgan fingerprint density at radius 3 is 2.19 bits per heavy atom. The molecule has 1 aliphatic rings. The van der Waals surface area contributed by atoms with Crippen LogP contribution < -0.4 is 5.32 Å². The lowest BCUT2D eigenvalue weighted by molar-refractivity contribution is 0.763. The van der Waals surface area contributed by atoms with Crippen LogP contribution in [0.5, 0.6) is 0 Å². The van der Waals surface area contributed by atoms with E-state index in [9.17, 15) is 0 Å². The SMILES string of the molecule is C=C.CCC.c1ccc([C@H]2CCNC2)cc1. The average molecular weight is 219 g/mol. The quantitative estimate of drug-likeness (QED) is 0.704. The molecule has 1 aromatic rings. The third kappa shape index (κ3) is 5.72. The Balaban J connectivity index is 0.000000394. The molecule has 0 amide bonds. The van der Waals surface area contributed by atoms with Gasteiger partial charge in [0.05, 0.1) is 0 Å². The van der Waals surface area contributed by atoms with E-state index < -0.39 is 0 Å². The van der Waals surface area contributed by atoms with E-state index in [-0.39, 0.29) is 0 Å². The van der Waals surface area contributed by atoms with Crippen LogP contribution in [-0.4, -0.2) is 13.1 Å². The normalized spacial score (nSPS) is 17.8. The molecule has 0 aliphatic carbocycles. The lowest BCUT2D eigenvalue weighted by atomic mass is 9.99. The molecule has 1 aromatic carbocycles. The fourth-order valence-corrected chi connectivity index (χ4v) is 1.66. The Labute approximate surface area is 101 Å². The van der Waals surface area contributed by atoms with E-state index in [1.807, 2.05) is 0 Å². The van der Waals surface area contributed by atoms with Crippen LogP contribution in [-0.2, 0) is 0 Å². The Kier molecular flexibility index (Phi) is 9.73. The second-order valence-corrected chi connectivity index (χ2v) is 3.81. The summed E-state index contributed by atoms with van der Waals surface area (Å²) in [6, 6.07) is 10.8. The summed E-state index contributed by atoms with van der Waals surface area (Å²) in [6.45, 7) is 12.6. The minimum absolute atomic E-state index is 0.760. The number of nitrogens with one attached hydrogen (secondary N) is 1. The lowest BCUT2D eigenvalue weighted by Gasteiger charge is -2.06. The molecule has 0 radical (unpaired) electrons. The third-order valence-electron chi connectivity index (χ3n) is 2.33. The first kappa shape index (κ1) is 14.9. The van der Waals surface area contributed by atoms with Gasteiger partial charge in [0, 0.05) is 6.54 Å². The van der Waals surface area contributed by atoms with Gasteiger partial charge in [-0.15, -0.1) is 13.2 Å². The molecule has 0 spiro atoms. The van der Waals surface area contributed by atoms with Crippen LogP contribution >= 0.6 is 0 Å². The van der Waals surface area contributed by atoms with Gasteiger partial charge in [-0.25, -0.2) is 0 Å². The van der Waals surface area contributed by atoms with Gasteiger partial charge in [-0.3, -0.25) is 0 Å². The molecular weight excluding hydrogens is 194 g/mol. The predicted molar refractivity (Wildman–Crippen MR) is 73.9 cm³/mol. The van der Waals surface area contributed by atoms with Crippen molar-refractivity contribution in [3.05, 3.63) is 49.1 Å². The fraction of sp³-hybridized carbons (Fsp3) is 0.467. The van der Waals surface area contributed by atoms with Crippen LogP contribution in [0.3, 0.4) is 0 Å². The summed E-state index contributed by atoms with van der Waals surface area (Å²) < 4.78 is 0. The summed E-state index contributed by atoms with van der Waals surface area (Å²) in [4.78, 5) is 0. The van der Waals surface area contributed by atoms with Crippen molar-refractivity contribution in [1.29, 1.82) is 0 Å². The van der Waals surface area contributed by atoms with Crippen LogP contribution in [0.15, 0.2) is 43.5 Å². The number of hydrogen-bond acceptors (Lipinski definition) is 1. The van der Waals surface area contributed by atoms with Gasteiger partial charge < -0.3 is 5.32 Å². The maximum absolute atomic E-state index is 3.37. The molecule has 1 N–H and O–H groups in total. The highest BCUT2D eigenvalue weighted by atomic mass is 14.9. The van der Waals surface area contributed by atoms with Gasteiger partial charge in [0.1, 0.15) is 0 Å². The summed E-state index contributed by atoms with van der Waals surface area (Å²) in [5, 5.41) is 3.37. The first-order valence-electron chi connectivity index (χ1n) is 6.14. The van der Waals surface area contributed by atoms with Crippen LogP contribution in [0.4, 0.5) is 0 Å². The topological polar surface area (TPSA) is 12.0 Å². The highest BCUT2D eigenvalue weighted by Gasteiger charge is 2.15. The van der Waals surface area contributed by atoms with Crippen molar-refractivity contribution in [3.8, 4) is 0 Å². The Bertz CT molecular complexity index is 237. The van der Waals surface area contributed by atoms with Crippen LogP contribution in [0.2, 0.25) is 0 Å². The number of rotatable bonds is 1. The second-order valence-electron chi connectivity index (χ2n) is 3.81. The molecule has 1 heterocycles. The molecule has 1 aliphatic heterocycles. The molecule has 0 unspecified atom stereocenters. The molecule has 0 aromatic heterocycles. The summed E-state index contributed by atoms with van der Waals surface area (Å²) in [7, 11) is 0. The molecule has 16 heavy (non-hydrogen) atoms. The molecular formula is C15H25N. The Morgan fingerprint density at radius 2 is 1.75 bits per heavy atom. The van der Waals surface area contributed by atoms with E-state index in [2.05, 4.69) is 62.7 Å². The maximum Gasteiger partial charge on any atom is 0.00206 e. The zero-order chi connectivity index (χ0) is 12.2. The average Bonchev–Trinajstić information content (AvgIpc) is 2.87. The van der Waals surface area contributed by atoms with Gasteiger partial charge in [-0.2, -0.15) is 0 Å². The van der Waals surface area contributed by atoms with E-state index >= 15 is 0 Å². The standard InChI is InChI=1S/C10H13N.C3H8.C2H4/c1-2-4-9(5-3-1)10-6-7-11-8-10;1-3-2;1-2/h1-5,10-11H,6-8H2;3H2,1-2H3;1-2H2/t10-;;/m0../s1. The van der Waals surface area contributed by atoms with E-state index in [1.54, 1.807) is 0 Å². The molecule has 1 heteroatoms. The van der Waals surface area contributed by atoms with Gasteiger partial charge in [0.25, 0.3) is 0 Å². The van der Waals surface area contributed by atoms with Crippen LogP contribution in [0.25, 0.3) is 0 Å². The summed E-state index contributed by atoms with van der Waals surface area (Å²) in [5.74, 6) is 0.760. The molecule has 0 bridgehead atoms. The van der Waals surface area contributed by atoms with E-state index in [4.69, 9.17) is 0 Å². The number of hydrogen-bond donors (Lipinski definition) is 1. The van der Waals surface area contributed by atoms with E-state index in [0.29, 0.717) is 0 Å². The van der Waals surface area contributed by atoms with Gasteiger partial charge in [-0.1, -0.05) is 50.6 Å². The summed E-state index contributed by atoms with van der Waals surface area (Å²) in [6.07, 6.45) is 2.55. The first-order chi connectivity index (χ1) is 7.88. The first-order valence-corrected chi connectivity index (χ1v) is 6.14. The van der Waals surface area contributed by atoms with Gasteiger partial charge in [0.15, 0.2) is 0 Å². The molecule has 1 atom stereocenters. The molecule has 1 saturated heterocycles. The highest BCUT2D eigenvalue weighted by Crippen LogP contribution is 2.21. The zero-order valence-corrected chi connectivity index (χ0v) is 10.7. The fourth-order valence-electron chi connectivity index (χ4n) is 1.66. The lowest BCUT2D eigenvalue weighted by Crippen LogP contribution is -2.07. The van der Waals surface area contributed by atoms with Gasteiger partial charge in [0.2, 0.25) is 0 Å². The van der Waals surface area contributed by atoms with Crippen molar-refractivity contribution < 1.29 is 0 Å². The Hall–Kier alpha value is -1.08. The summed E-state index contributed by atoms with van der Waals surface area (Å²) in [5.41, 5.74) is 1.48. The maximum atomic E-state index is 3.37. The van der Waals surface area contributed by atoms with Gasteiger partial charge in [-0.05, 0) is 24.4 Å². The van der Waals surface area contributed by atoms with Gasteiger partial charge >= 0.3 is 0 Å². The van der Waals surface area contributed by atoms with Crippen molar-refractivity contribution in [1.82, 2.24) is 5.32 Å². The smallest absolute Gasteiger partial charge is 0.00206 e. The largest absolute Gasteiger partial charge is 0.316 e. The highest BCUT2D eigenvalue weighted by molar-refractivity contribution is 5.20. The van der Waals surface area contributed by atoms with Crippen molar-refractivity contribution in [2.24, 2.45) is 0 Å².